The fourth-order valence-electron chi connectivity index (χ4n) is 2.75. The van der Waals surface area contributed by atoms with Crippen molar-refractivity contribution in [1.82, 2.24) is 9.38 Å². The highest BCUT2D eigenvalue weighted by molar-refractivity contribution is 7.92. The van der Waals surface area contributed by atoms with Gasteiger partial charge < -0.3 is 0 Å². The van der Waals surface area contributed by atoms with Gasteiger partial charge in [-0.15, -0.1) is 0 Å². The fourth-order valence-corrected chi connectivity index (χ4v) is 4.03. The Kier molecular flexibility index (Phi) is 5.08. The Balaban J connectivity index is 2.03. The quantitative estimate of drug-likeness (QED) is 0.700. The number of nitrogens with zero attached hydrogens (tertiary/aromatic N) is 2. The number of benzene rings is 1. The van der Waals surface area contributed by atoms with E-state index < -0.39 is 10.0 Å². The van der Waals surface area contributed by atoms with Gasteiger partial charge in [-0.25, -0.2) is 13.4 Å². The molecule has 6 heteroatoms. The molecule has 1 aromatic carbocycles. The van der Waals surface area contributed by atoms with E-state index in [-0.39, 0.29) is 5.75 Å². The molecule has 0 aliphatic rings. The van der Waals surface area contributed by atoms with E-state index in [0.717, 1.165) is 28.9 Å². The van der Waals surface area contributed by atoms with Crippen LogP contribution < -0.4 is 4.72 Å². The SMILES string of the molecule is CCCCS(=O)(=O)Nc1c(Cc2ccccc2)nc2ccc(C)cn12. The summed E-state index contributed by atoms with van der Waals surface area (Å²) in [7, 11) is -3.40. The predicted molar refractivity (Wildman–Crippen MR) is 101 cm³/mol. The Bertz CT molecular complexity index is 963. The maximum Gasteiger partial charge on any atom is 0.233 e. The highest BCUT2D eigenvalue weighted by Crippen LogP contribution is 2.23. The van der Waals surface area contributed by atoms with Crippen LogP contribution in [0.25, 0.3) is 5.65 Å². The van der Waals surface area contributed by atoms with Crippen LogP contribution in [-0.4, -0.2) is 23.6 Å². The van der Waals surface area contributed by atoms with Crippen molar-refractivity contribution < 1.29 is 8.42 Å². The summed E-state index contributed by atoms with van der Waals surface area (Å²) >= 11 is 0. The number of pyridine rings is 1. The smallest absolute Gasteiger partial charge is 0.233 e. The Hall–Kier alpha value is -2.34. The normalized spacial score (nSPS) is 11.8. The number of aromatic nitrogens is 2. The van der Waals surface area contributed by atoms with Gasteiger partial charge in [0.15, 0.2) is 0 Å². The van der Waals surface area contributed by atoms with Gasteiger partial charge in [0.1, 0.15) is 11.5 Å². The van der Waals surface area contributed by atoms with Crippen LogP contribution in [0.4, 0.5) is 5.82 Å². The number of hydrogen-bond acceptors (Lipinski definition) is 3. The van der Waals surface area contributed by atoms with Gasteiger partial charge in [-0.3, -0.25) is 9.12 Å². The average molecular weight is 357 g/mol. The monoisotopic (exact) mass is 357 g/mol. The van der Waals surface area contributed by atoms with Crippen LogP contribution in [0.3, 0.4) is 0 Å². The Morgan fingerprint density at radius 1 is 1.12 bits per heavy atom. The van der Waals surface area contributed by atoms with E-state index in [9.17, 15) is 8.42 Å². The first-order valence-electron chi connectivity index (χ1n) is 8.50. The van der Waals surface area contributed by atoms with Crippen LogP contribution >= 0.6 is 0 Å². The number of fused-ring (bicyclic) bond motifs is 1. The fraction of sp³-hybridized carbons (Fsp3) is 0.316. The second-order valence-electron chi connectivity index (χ2n) is 6.28. The molecular formula is C19H23N3O2S. The molecule has 5 nitrogen and oxygen atoms in total. The summed E-state index contributed by atoms with van der Waals surface area (Å²) in [6.45, 7) is 3.96. The Morgan fingerprint density at radius 2 is 1.88 bits per heavy atom. The van der Waals surface area contributed by atoms with Crippen LogP contribution in [-0.2, 0) is 16.4 Å². The van der Waals surface area contributed by atoms with Crippen LogP contribution in [0.1, 0.15) is 36.6 Å². The molecule has 3 aromatic rings. The standard InChI is InChI=1S/C19H23N3O2S/c1-3-4-12-25(23,24)21-19-17(13-16-8-6-5-7-9-16)20-18-11-10-15(2)14-22(18)19/h5-11,14,21H,3-4,12-13H2,1-2H3. The molecule has 3 rings (SSSR count). The van der Waals surface area contributed by atoms with Gasteiger partial charge in [0, 0.05) is 12.6 Å². The molecule has 0 aliphatic carbocycles. The summed E-state index contributed by atoms with van der Waals surface area (Å²) in [6, 6.07) is 13.8. The van der Waals surface area contributed by atoms with E-state index in [2.05, 4.69) is 9.71 Å². The van der Waals surface area contributed by atoms with E-state index >= 15 is 0 Å². The first-order valence-corrected chi connectivity index (χ1v) is 10.2. The number of anilines is 1. The van der Waals surface area contributed by atoms with Crippen molar-refractivity contribution in [1.29, 1.82) is 0 Å². The third-order valence-corrected chi connectivity index (χ3v) is 5.40. The van der Waals surface area contributed by atoms with E-state index in [1.165, 1.54) is 0 Å². The van der Waals surface area contributed by atoms with E-state index in [4.69, 9.17) is 0 Å². The molecule has 0 atom stereocenters. The van der Waals surface area contributed by atoms with Crippen molar-refractivity contribution in [3.8, 4) is 0 Å². The van der Waals surface area contributed by atoms with Crippen LogP contribution in [0, 0.1) is 6.92 Å². The molecule has 0 bridgehead atoms. The van der Waals surface area contributed by atoms with E-state index in [1.54, 1.807) is 0 Å². The third kappa shape index (κ3) is 4.20. The zero-order valence-corrected chi connectivity index (χ0v) is 15.4. The molecule has 0 saturated carbocycles. The Labute approximate surface area is 148 Å². The van der Waals surface area contributed by atoms with Gasteiger partial charge in [0.2, 0.25) is 10.0 Å². The summed E-state index contributed by atoms with van der Waals surface area (Å²) in [5, 5.41) is 0. The van der Waals surface area contributed by atoms with Gasteiger partial charge in [0.25, 0.3) is 0 Å². The highest BCUT2D eigenvalue weighted by atomic mass is 32.2. The molecule has 0 unspecified atom stereocenters. The van der Waals surface area contributed by atoms with Crippen LogP contribution in [0.2, 0.25) is 0 Å². The maximum absolute atomic E-state index is 12.4. The molecule has 25 heavy (non-hydrogen) atoms. The summed E-state index contributed by atoms with van der Waals surface area (Å²) in [5.74, 6) is 0.659. The number of rotatable bonds is 7. The lowest BCUT2D eigenvalue weighted by atomic mass is 10.1. The predicted octanol–water partition coefficient (Wildman–Crippen LogP) is 3.78. The molecule has 2 aromatic heterocycles. The van der Waals surface area contributed by atoms with Gasteiger partial charge in [-0.05, 0) is 30.5 Å². The largest absolute Gasteiger partial charge is 0.285 e. The molecule has 0 fully saturated rings. The topological polar surface area (TPSA) is 63.5 Å². The lowest BCUT2D eigenvalue weighted by molar-refractivity contribution is 0.597. The molecule has 132 valence electrons. The van der Waals surface area contributed by atoms with Crippen molar-refractivity contribution in [2.45, 2.75) is 33.1 Å². The summed E-state index contributed by atoms with van der Waals surface area (Å²) in [6.07, 6.45) is 3.96. The van der Waals surface area contributed by atoms with Crippen molar-refractivity contribution in [3.63, 3.8) is 0 Å². The second kappa shape index (κ2) is 7.27. The van der Waals surface area contributed by atoms with Crippen molar-refractivity contribution in [2.24, 2.45) is 0 Å². The minimum Gasteiger partial charge on any atom is -0.285 e. The third-order valence-electron chi connectivity index (χ3n) is 4.07. The van der Waals surface area contributed by atoms with Gasteiger partial charge >= 0.3 is 0 Å². The highest BCUT2D eigenvalue weighted by Gasteiger charge is 2.18. The van der Waals surface area contributed by atoms with E-state index in [1.807, 2.05) is 66.9 Å². The van der Waals surface area contributed by atoms with Crippen molar-refractivity contribution in [3.05, 3.63) is 65.5 Å². The molecule has 0 amide bonds. The number of nitrogens with one attached hydrogen (secondary N) is 1. The number of imidazole rings is 1. The number of unbranched alkanes of at least 4 members (excludes halogenated alkanes) is 1. The first-order chi connectivity index (χ1) is 12.0. The minimum absolute atomic E-state index is 0.118. The first kappa shape index (κ1) is 17.5. The van der Waals surface area contributed by atoms with Crippen LogP contribution in [0.5, 0.6) is 0 Å². The van der Waals surface area contributed by atoms with Gasteiger partial charge in [0.05, 0.1) is 11.4 Å². The summed E-state index contributed by atoms with van der Waals surface area (Å²) < 4.78 is 29.5. The second-order valence-corrected chi connectivity index (χ2v) is 8.12. The average Bonchev–Trinajstić information content (AvgIpc) is 2.90. The Morgan fingerprint density at radius 3 is 2.60 bits per heavy atom. The number of aryl methyl sites for hydroxylation is 1. The number of hydrogen-bond donors (Lipinski definition) is 1. The maximum atomic E-state index is 12.4. The summed E-state index contributed by atoms with van der Waals surface area (Å²) in [4.78, 5) is 4.65. The molecule has 1 N–H and O–H groups in total. The van der Waals surface area contributed by atoms with Crippen molar-refractivity contribution >= 4 is 21.5 Å². The summed E-state index contributed by atoms with van der Waals surface area (Å²) in [5.41, 5.74) is 3.61. The molecule has 0 radical (unpaired) electrons. The lowest BCUT2D eigenvalue weighted by Gasteiger charge is -2.10. The van der Waals surface area contributed by atoms with E-state index in [0.29, 0.717) is 18.7 Å². The molecule has 0 spiro atoms. The molecule has 0 saturated heterocycles. The zero-order chi connectivity index (χ0) is 17.9. The van der Waals surface area contributed by atoms with Crippen molar-refractivity contribution in [2.75, 3.05) is 10.5 Å². The van der Waals surface area contributed by atoms with Crippen LogP contribution in [0.15, 0.2) is 48.7 Å². The lowest BCUT2D eigenvalue weighted by Crippen LogP contribution is -2.18. The minimum atomic E-state index is -3.40. The molecule has 0 aliphatic heterocycles. The molecular weight excluding hydrogens is 334 g/mol. The van der Waals surface area contributed by atoms with Gasteiger partial charge in [-0.2, -0.15) is 0 Å². The number of sulfonamides is 1. The zero-order valence-electron chi connectivity index (χ0n) is 14.6. The van der Waals surface area contributed by atoms with Gasteiger partial charge in [-0.1, -0.05) is 49.7 Å². The molecule has 2 heterocycles.